The van der Waals surface area contributed by atoms with Crippen molar-refractivity contribution in [1.82, 2.24) is 0 Å². The number of ether oxygens (including phenoxy) is 1. The van der Waals surface area contributed by atoms with E-state index >= 15 is 0 Å². The second-order valence-corrected chi connectivity index (χ2v) is 9.78. The van der Waals surface area contributed by atoms with Crippen LogP contribution in [0.25, 0.3) is 0 Å². The maximum atomic E-state index is 12.9. The summed E-state index contributed by atoms with van der Waals surface area (Å²) < 4.78 is 4.77. The van der Waals surface area contributed by atoms with Crippen LogP contribution in [0, 0.1) is 13.8 Å². The van der Waals surface area contributed by atoms with Gasteiger partial charge < -0.3 is 4.74 Å². The predicted octanol–water partition coefficient (Wildman–Crippen LogP) is 6.77. The van der Waals surface area contributed by atoms with Crippen LogP contribution < -0.4 is 4.90 Å². The van der Waals surface area contributed by atoms with Gasteiger partial charge in [-0.05, 0) is 31.4 Å². The number of unbranched alkanes of at least 4 members (excludes halogenated alkanes) is 10. The topological polar surface area (TPSA) is 63.7 Å². The Kier molecular flexibility index (Phi) is 15.6. The molecule has 0 aliphatic rings. The first-order valence-corrected chi connectivity index (χ1v) is 13.5. The molecule has 0 saturated heterocycles. The number of methoxy groups -OCH3 is 1. The quantitative estimate of drug-likeness (QED) is 0.183. The molecule has 0 unspecified atom stereocenters. The summed E-state index contributed by atoms with van der Waals surface area (Å²) in [6.45, 7) is 5.90. The zero-order chi connectivity index (χ0) is 24.5. The van der Waals surface area contributed by atoms with E-state index in [2.05, 4.69) is 6.92 Å². The first-order valence-electron chi connectivity index (χ1n) is 12.5. The Morgan fingerprint density at radius 3 is 1.88 bits per heavy atom. The van der Waals surface area contributed by atoms with E-state index < -0.39 is 5.97 Å². The molecule has 0 N–H and O–H groups in total. The van der Waals surface area contributed by atoms with E-state index in [0.717, 1.165) is 35.7 Å². The van der Waals surface area contributed by atoms with Crippen LogP contribution in [0.4, 0.5) is 5.69 Å². The highest BCUT2D eigenvalue weighted by molar-refractivity contribution is 8.14. The summed E-state index contributed by atoms with van der Waals surface area (Å²) in [5, 5.41) is 0.0406. The molecule has 0 saturated carbocycles. The number of carbonyl (C=O) groups excluding carboxylic acids is 3. The van der Waals surface area contributed by atoms with Gasteiger partial charge in [-0.3, -0.25) is 19.3 Å². The van der Waals surface area contributed by atoms with Gasteiger partial charge in [-0.1, -0.05) is 101 Å². The fourth-order valence-electron chi connectivity index (χ4n) is 3.94. The molecule has 0 aromatic heterocycles. The molecule has 6 heteroatoms. The number of carbonyl (C=O) groups is 3. The Bertz CT molecular complexity index is 715. The van der Waals surface area contributed by atoms with Crippen molar-refractivity contribution in [3.8, 4) is 0 Å². The number of nitrogens with zero attached hydrogens (tertiary/aromatic N) is 1. The number of aryl methyl sites for hydroxylation is 2. The average Bonchev–Trinajstić information content (AvgIpc) is 2.80. The number of thioether (sulfide) groups is 1. The Hall–Kier alpha value is -1.82. The molecule has 1 aromatic rings. The number of benzene rings is 1. The van der Waals surface area contributed by atoms with E-state index in [4.69, 9.17) is 4.74 Å². The summed E-state index contributed by atoms with van der Waals surface area (Å²) in [6, 6.07) is 5.73. The van der Waals surface area contributed by atoms with Crippen molar-refractivity contribution >= 4 is 34.4 Å². The van der Waals surface area contributed by atoms with Crippen molar-refractivity contribution in [2.75, 3.05) is 24.3 Å². The lowest BCUT2D eigenvalue weighted by Gasteiger charge is -2.25. The van der Waals surface area contributed by atoms with Crippen LogP contribution in [-0.2, 0) is 19.1 Å². The van der Waals surface area contributed by atoms with Crippen molar-refractivity contribution < 1.29 is 19.1 Å². The minimum absolute atomic E-state index is 0.0294. The van der Waals surface area contributed by atoms with E-state index in [-0.39, 0.29) is 23.3 Å². The molecular weight excluding hydrogens is 434 g/mol. The highest BCUT2D eigenvalue weighted by Crippen LogP contribution is 2.26. The van der Waals surface area contributed by atoms with Crippen LogP contribution in [0.2, 0.25) is 0 Å². The highest BCUT2D eigenvalue weighted by atomic mass is 32.2. The van der Waals surface area contributed by atoms with Gasteiger partial charge in [0.25, 0.3) is 0 Å². The zero-order valence-electron chi connectivity index (χ0n) is 21.1. The van der Waals surface area contributed by atoms with Gasteiger partial charge in [0.1, 0.15) is 6.54 Å². The molecule has 0 atom stereocenters. The lowest BCUT2D eigenvalue weighted by Crippen LogP contribution is -2.38. The summed E-state index contributed by atoms with van der Waals surface area (Å²) in [7, 11) is 1.31. The molecule has 5 nitrogen and oxygen atoms in total. The smallest absolute Gasteiger partial charge is 0.325 e. The fraction of sp³-hybridized carbons (Fsp3) is 0.667. The van der Waals surface area contributed by atoms with Gasteiger partial charge in [-0.2, -0.15) is 0 Å². The summed E-state index contributed by atoms with van der Waals surface area (Å²) in [6.07, 6.45) is 14.2. The normalized spacial score (nSPS) is 10.8. The number of amides is 1. The Balaban J connectivity index is 2.34. The van der Waals surface area contributed by atoms with Crippen LogP contribution in [0.15, 0.2) is 18.2 Å². The summed E-state index contributed by atoms with van der Waals surface area (Å²) in [5.74, 6) is -0.708. The number of esters is 1. The summed E-state index contributed by atoms with van der Waals surface area (Å²) in [5.41, 5.74) is 2.53. The second-order valence-electron chi connectivity index (χ2n) is 8.74. The third-order valence-corrected chi connectivity index (χ3v) is 6.78. The third-order valence-electron chi connectivity index (χ3n) is 5.87. The van der Waals surface area contributed by atoms with Crippen LogP contribution in [0.1, 0.15) is 95.1 Å². The Morgan fingerprint density at radius 1 is 0.848 bits per heavy atom. The van der Waals surface area contributed by atoms with Crippen molar-refractivity contribution in [2.45, 2.75) is 97.8 Å². The SMILES string of the molecule is CCCCCCCCCCCCCC(=O)SCC(=O)N(CC(=O)OC)c1c(C)cccc1C. The van der Waals surface area contributed by atoms with E-state index in [9.17, 15) is 14.4 Å². The molecule has 1 amide bonds. The molecule has 33 heavy (non-hydrogen) atoms. The molecule has 1 aromatic carbocycles. The molecule has 0 bridgehead atoms. The maximum absolute atomic E-state index is 12.9. The number of hydrogen-bond donors (Lipinski definition) is 0. The molecule has 0 aliphatic carbocycles. The van der Waals surface area contributed by atoms with Crippen molar-refractivity contribution in [2.24, 2.45) is 0 Å². The van der Waals surface area contributed by atoms with Gasteiger partial charge in [0, 0.05) is 6.42 Å². The van der Waals surface area contributed by atoms with Crippen LogP contribution in [0.3, 0.4) is 0 Å². The average molecular weight is 478 g/mol. The lowest BCUT2D eigenvalue weighted by atomic mass is 10.1. The summed E-state index contributed by atoms with van der Waals surface area (Å²) in [4.78, 5) is 38.5. The molecule has 0 aliphatic heterocycles. The zero-order valence-corrected chi connectivity index (χ0v) is 21.9. The molecular formula is C27H43NO4S. The van der Waals surface area contributed by atoms with E-state index in [0.29, 0.717) is 12.1 Å². The van der Waals surface area contributed by atoms with Gasteiger partial charge >= 0.3 is 5.97 Å². The second kappa shape index (κ2) is 17.6. The summed E-state index contributed by atoms with van der Waals surface area (Å²) >= 11 is 1.05. The predicted molar refractivity (Wildman–Crippen MR) is 139 cm³/mol. The molecule has 0 heterocycles. The number of hydrogen-bond acceptors (Lipinski definition) is 5. The number of rotatable bonds is 17. The highest BCUT2D eigenvalue weighted by Gasteiger charge is 2.23. The van der Waals surface area contributed by atoms with Crippen molar-refractivity contribution in [3.05, 3.63) is 29.3 Å². The standard InChI is InChI=1S/C27H43NO4S/c1-5-6-7-8-9-10-11-12-13-14-15-19-26(31)33-21-24(29)28(20-25(30)32-4)27-22(2)17-16-18-23(27)3/h16-18H,5-15,19-21H2,1-4H3. The Labute approximate surface area is 205 Å². The molecule has 186 valence electrons. The fourth-order valence-corrected chi connectivity index (χ4v) is 4.67. The van der Waals surface area contributed by atoms with Crippen LogP contribution in [0.5, 0.6) is 0 Å². The van der Waals surface area contributed by atoms with E-state index in [1.165, 1.54) is 69.8 Å². The molecule has 0 spiro atoms. The van der Waals surface area contributed by atoms with E-state index in [1.807, 2.05) is 32.0 Å². The van der Waals surface area contributed by atoms with E-state index in [1.54, 1.807) is 0 Å². The molecule has 0 fully saturated rings. The van der Waals surface area contributed by atoms with Crippen LogP contribution in [-0.4, -0.2) is 36.4 Å². The van der Waals surface area contributed by atoms with Gasteiger partial charge in [0.15, 0.2) is 5.12 Å². The van der Waals surface area contributed by atoms with Gasteiger partial charge in [0.05, 0.1) is 18.6 Å². The first-order chi connectivity index (χ1) is 15.9. The van der Waals surface area contributed by atoms with Crippen molar-refractivity contribution in [3.63, 3.8) is 0 Å². The molecule has 1 rings (SSSR count). The van der Waals surface area contributed by atoms with Crippen molar-refractivity contribution in [1.29, 1.82) is 0 Å². The minimum Gasteiger partial charge on any atom is -0.468 e. The lowest BCUT2D eigenvalue weighted by molar-refractivity contribution is -0.139. The maximum Gasteiger partial charge on any atom is 0.325 e. The van der Waals surface area contributed by atoms with Crippen LogP contribution >= 0.6 is 11.8 Å². The van der Waals surface area contributed by atoms with Gasteiger partial charge in [0.2, 0.25) is 5.91 Å². The third kappa shape index (κ3) is 12.3. The van der Waals surface area contributed by atoms with Gasteiger partial charge in [-0.25, -0.2) is 0 Å². The monoisotopic (exact) mass is 477 g/mol. The number of para-hydroxylation sites is 1. The number of anilines is 1. The first kappa shape index (κ1) is 29.2. The van der Waals surface area contributed by atoms with Gasteiger partial charge in [-0.15, -0.1) is 0 Å². The molecule has 0 radical (unpaired) electrons. The Morgan fingerprint density at radius 2 is 1.36 bits per heavy atom. The minimum atomic E-state index is -0.483. The largest absolute Gasteiger partial charge is 0.468 e.